The van der Waals surface area contributed by atoms with Gasteiger partial charge in [-0.1, -0.05) is 32.4 Å². The van der Waals surface area contributed by atoms with E-state index in [2.05, 4.69) is 6.92 Å². The minimum absolute atomic E-state index is 0.123. The van der Waals surface area contributed by atoms with E-state index in [0.29, 0.717) is 5.56 Å². The van der Waals surface area contributed by atoms with Crippen molar-refractivity contribution in [2.75, 3.05) is 13.2 Å². The predicted octanol–water partition coefficient (Wildman–Crippen LogP) is 4.38. The highest BCUT2D eigenvalue weighted by atomic mass is 16.7. The van der Waals surface area contributed by atoms with Crippen molar-refractivity contribution in [2.45, 2.75) is 53.1 Å². The third-order valence-electron chi connectivity index (χ3n) is 3.83. The van der Waals surface area contributed by atoms with Gasteiger partial charge >= 0.3 is 12.1 Å². The first-order chi connectivity index (χ1) is 11.5. The van der Waals surface area contributed by atoms with Crippen LogP contribution in [0.2, 0.25) is 0 Å². The van der Waals surface area contributed by atoms with Crippen LogP contribution in [0.1, 0.15) is 56.5 Å². The summed E-state index contributed by atoms with van der Waals surface area (Å²) in [5.74, 6) is -0.491. The maximum Gasteiger partial charge on any atom is 0.508 e. The van der Waals surface area contributed by atoms with Crippen molar-refractivity contribution in [3.8, 4) is 0 Å². The van der Waals surface area contributed by atoms with Crippen LogP contribution < -0.4 is 0 Å². The van der Waals surface area contributed by atoms with Gasteiger partial charge in [-0.05, 0) is 44.4 Å². The van der Waals surface area contributed by atoms with Crippen molar-refractivity contribution in [1.82, 2.24) is 0 Å². The minimum atomic E-state index is -0.703. The first-order valence-corrected chi connectivity index (χ1v) is 8.57. The lowest BCUT2D eigenvalue weighted by Gasteiger charge is -2.19. The number of benzene rings is 1. The molecule has 0 bridgehead atoms. The second-order valence-electron chi connectivity index (χ2n) is 5.88. The van der Waals surface area contributed by atoms with Gasteiger partial charge in [0.25, 0.3) is 0 Å². The van der Waals surface area contributed by atoms with Gasteiger partial charge < -0.3 is 14.2 Å². The Morgan fingerprint density at radius 1 is 1.04 bits per heavy atom. The molecule has 1 aromatic carbocycles. The van der Waals surface area contributed by atoms with Crippen LogP contribution in [0.5, 0.6) is 0 Å². The first-order valence-electron chi connectivity index (χ1n) is 8.57. The number of carbonyl (C=O) groups is 2. The highest BCUT2D eigenvalue weighted by Gasteiger charge is 2.19. The van der Waals surface area contributed by atoms with Crippen LogP contribution in [0.3, 0.4) is 0 Å². The molecule has 0 aromatic heterocycles. The highest BCUT2D eigenvalue weighted by molar-refractivity contribution is 5.89. The molecule has 0 N–H and O–H groups in total. The van der Waals surface area contributed by atoms with Crippen molar-refractivity contribution < 1.29 is 23.8 Å². The van der Waals surface area contributed by atoms with Gasteiger partial charge in [0.05, 0.1) is 18.8 Å². The van der Waals surface area contributed by atoms with E-state index in [4.69, 9.17) is 14.2 Å². The van der Waals surface area contributed by atoms with Gasteiger partial charge in [-0.15, -0.1) is 0 Å². The smallest absolute Gasteiger partial charge is 0.462 e. The van der Waals surface area contributed by atoms with Gasteiger partial charge in [0.2, 0.25) is 0 Å². The number of esters is 1. The molecule has 1 rings (SSSR count). The van der Waals surface area contributed by atoms with Crippen LogP contribution in [0.15, 0.2) is 24.3 Å². The highest BCUT2D eigenvalue weighted by Crippen LogP contribution is 2.12. The fourth-order valence-electron chi connectivity index (χ4n) is 2.03. The summed E-state index contributed by atoms with van der Waals surface area (Å²) in [5, 5.41) is 0. The van der Waals surface area contributed by atoms with Crippen LogP contribution in [-0.4, -0.2) is 31.4 Å². The average Bonchev–Trinajstić information content (AvgIpc) is 2.58. The van der Waals surface area contributed by atoms with Gasteiger partial charge in [0, 0.05) is 5.92 Å². The molecule has 0 saturated carbocycles. The lowest BCUT2D eigenvalue weighted by atomic mass is 10.1. The molecule has 0 saturated heterocycles. The van der Waals surface area contributed by atoms with Gasteiger partial charge in [-0.25, -0.2) is 9.59 Å². The molecule has 0 aliphatic heterocycles. The normalized spacial score (nSPS) is 13.0. The molecule has 0 fully saturated rings. The van der Waals surface area contributed by atoms with E-state index in [1.807, 2.05) is 19.1 Å². The van der Waals surface area contributed by atoms with Crippen LogP contribution in [0.4, 0.5) is 4.79 Å². The van der Waals surface area contributed by atoms with Gasteiger partial charge in [-0.2, -0.15) is 0 Å². The number of ether oxygens (including phenoxy) is 3. The van der Waals surface area contributed by atoms with Crippen LogP contribution in [0, 0.1) is 5.92 Å². The third-order valence-corrected chi connectivity index (χ3v) is 3.83. The Morgan fingerprint density at radius 2 is 1.71 bits per heavy atom. The Morgan fingerprint density at radius 3 is 2.29 bits per heavy atom. The van der Waals surface area contributed by atoms with E-state index in [9.17, 15) is 9.59 Å². The van der Waals surface area contributed by atoms with E-state index in [-0.39, 0.29) is 25.1 Å². The molecule has 134 valence electrons. The predicted molar refractivity (Wildman–Crippen MR) is 92.1 cm³/mol. The molecule has 24 heavy (non-hydrogen) atoms. The summed E-state index contributed by atoms with van der Waals surface area (Å²) >= 11 is 0. The van der Waals surface area contributed by atoms with Crippen molar-refractivity contribution in [3.05, 3.63) is 35.4 Å². The molecule has 0 aliphatic carbocycles. The standard InChI is InChI=1S/C19H28O5/c1-5-7-8-16-9-11-17(12-10-16)18(20)23-13-14(3)15(4)24-19(21)22-6-2/h9-12,14-15H,5-8,13H2,1-4H3. The van der Waals surface area contributed by atoms with Crippen LogP contribution in [0.25, 0.3) is 0 Å². The number of aryl methyl sites for hydroxylation is 1. The molecule has 2 atom stereocenters. The molecule has 0 heterocycles. The number of hydrogen-bond donors (Lipinski definition) is 0. The van der Waals surface area contributed by atoms with E-state index < -0.39 is 12.3 Å². The summed E-state index contributed by atoms with van der Waals surface area (Å²) < 4.78 is 15.1. The van der Waals surface area contributed by atoms with Gasteiger partial charge in [0.1, 0.15) is 6.10 Å². The Kier molecular flexibility index (Phi) is 8.90. The first kappa shape index (κ1) is 20.0. The quantitative estimate of drug-likeness (QED) is 0.626. The molecule has 0 radical (unpaired) electrons. The van der Waals surface area contributed by atoms with Crippen molar-refractivity contribution in [3.63, 3.8) is 0 Å². The van der Waals surface area contributed by atoms with E-state index in [1.54, 1.807) is 26.0 Å². The van der Waals surface area contributed by atoms with Crippen LogP contribution >= 0.6 is 0 Å². The minimum Gasteiger partial charge on any atom is -0.462 e. The number of carbonyl (C=O) groups excluding carboxylic acids is 2. The number of rotatable bonds is 9. The largest absolute Gasteiger partial charge is 0.508 e. The summed E-state index contributed by atoms with van der Waals surface area (Å²) in [4.78, 5) is 23.3. The average molecular weight is 336 g/mol. The van der Waals surface area contributed by atoms with Crippen molar-refractivity contribution in [1.29, 1.82) is 0 Å². The molecule has 2 unspecified atom stereocenters. The maximum atomic E-state index is 12.1. The second-order valence-corrected chi connectivity index (χ2v) is 5.88. The second kappa shape index (κ2) is 10.7. The van der Waals surface area contributed by atoms with E-state index in [1.165, 1.54) is 5.56 Å². The fourth-order valence-corrected chi connectivity index (χ4v) is 2.03. The Balaban J connectivity index is 2.42. The topological polar surface area (TPSA) is 61.8 Å². The fraction of sp³-hybridized carbons (Fsp3) is 0.579. The molecular formula is C19H28O5. The maximum absolute atomic E-state index is 12.1. The summed E-state index contributed by atoms with van der Waals surface area (Å²) in [6.07, 6.45) is 2.21. The summed E-state index contributed by atoms with van der Waals surface area (Å²) in [6.45, 7) is 7.91. The van der Waals surface area contributed by atoms with Crippen molar-refractivity contribution >= 4 is 12.1 Å². The molecule has 5 nitrogen and oxygen atoms in total. The van der Waals surface area contributed by atoms with Gasteiger partial charge in [-0.3, -0.25) is 0 Å². The Bertz CT molecular complexity index is 509. The molecular weight excluding hydrogens is 308 g/mol. The number of hydrogen-bond acceptors (Lipinski definition) is 5. The molecule has 5 heteroatoms. The SMILES string of the molecule is CCCCc1ccc(C(=O)OCC(C)C(C)OC(=O)OCC)cc1. The zero-order valence-corrected chi connectivity index (χ0v) is 15.0. The molecule has 0 aliphatic rings. The summed E-state index contributed by atoms with van der Waals surface area (Å²) in [7, 11) is 0. The molecule has 0 amide bonds. The third kappa shape index (κ3) is 7.02. The zero-order chi connectivity index (χ0) is 17.9. The number of unbranched alkanes of at least 4 members (excludes halogenated alkanes) is 1. The van der Waals surface area contributed by atoms with E-state index in [0.717, 1.165) is 19.3 Å². The zero-order valence-electron chi connectivity index (χ0n) is 15.0. The summed E-state index contributed by atoms with van der Waals surface area (Å²) in [5.41, 5.74) is 1.75. The Hall–Kier alpha value is -2.04. The molecule has 0 spiro atoms. The van der Waals surface area contributed by atoms with E-state index >= 15 is 0 Å². The monoisotopic (exact) mass is 336 g/mol. The van der Waals surface area contributed by atoms with Gasteiger partial charge in [0.15, 0.2) is 0 Å². The lowest BCUT2D eigenvalue weighted by molar-refractivity contribution is -0.00321. The molecule has 1 aromatic rings. The Labute approximate surface area is 144 Å². The van der Waals surface area contributed by atoms with Crippen molar-refractivity contribution in [2.24, 2.45) is 5.92 Å². The lowest BCUT2D eigenvalue weighted by Crippen LogP contribution is -2.27. The summed E-state index contributed by atoms with van der Waals surface area (Å²) in [6, 6.07) is 7.50. The van der Waals surface area contributed by atoms with Crippen LogP contribution in [-0.2, 0) is 20.6 Å².